The number of carbonyl (C=O) groups is 1. The lowest BCUT2D eigenvalue weighted by atomic mass is 9.96. The van der Waals surface area contributed by atoms with Crippen LogP contribution in [-0.4, -0.2) is 83.0 Å². The van der Waals surface area contributed by atoms with Gasteiger partial charge in [0.1, 0.15) is 17.4 Å². The minimum Gasteiger partial charge on any atom is -0.492 e. The molecule has 2 aliphatic heterocycles. The minimum atomic E-state index is -0.584. The Balaban J connectivity index is 1.33. The summed E-state index contributed by atoms with van der Waals surface area (Å²) >= 11 is 0. The zero-order valence-electron chi connectivity index (χ0n) is 22.4. The van der Waals surface area contributed by atoms with Crippen LogP contribution in [0.4, 0.5) is 17.6 Å². The molecule has 10 nitrogen and oxygen atoms in total. The third-order valence-electron chi connectivity index (χ3n) is 7.40. The van der Waals surface area contributed by atoms with E-state index >= 15 is 0 Å². The Morgan fingerprint density at radius 3 is 2.68 bits per heavy atom. The molecule has 2 fully saturated rings. The summed E-state index contributed by atoms with van der Waals surface area (Å²) in [4.78, 5) is 29.0. The number of hydrogen-bond acceptors (Lipinski definition) is 9. The van der Waals surface area contributed by atoms with Gasteiger partial charge in [-0.05, 0) is 41.5 Å². The number of carbonyl (C=O) groups excluding carboxylic acids is 1. The van der Waals surface area contributed by atoms with Crippen molar-refractivity contribution in [3.8, 4) is 5.75 Å². The van der Waals surface area contributed by atoms with E-state index in [1.54, 1.807) is 26.3 Å². The predicted molar refractivity (Wildman–Crippen MR) is 146 cm³/mol. The zero-order chi connectivity index (χ0) is 26.8. The molecule has 3 aromatic rings. The molecule has 2 saturated heterocycles. The van der Waals surface area contributed by atoms with Crippen molar-refractivity contribution in [2.45, 2.75) is 45.3 Å². The largest absolute Gasteiger partial charge is 0.492 e. The standard InChI is InChI=1S/C28H36N6O4/c1-17(2)20-5-6-24(38-16-19-13-34(14-19)18(3)35)22-12-30-27(11-21(20)22)31-26-7-9-29-28(32-26)33-10-8-25(37-4)23(36)15-33/h5-7,9,11-12,17,19,23,25,36H,8,10,13-16H2,1-4H3,(H,29,30,31,32)/t23-,25-/m0/s1. The van der Waals surface area contributed by atoms with Gasteiger partial charge in [-0.3, -0.25) is 4.79 Å². The fraction of sp³-hybridized carbons (Fsp3) is 0.500. The summed E-state index contributed by atoms with van der Waals surface area (Å²) in [7, 11) is 1.62. The van der Waals surface area contributed by atoms with Crippen LogP contribution in [0.3, 0.4) is 0 Å². The molecule has 0 unspecified atom stereocenters. The molecule has 202 valence electrons. The van der Waals surface area contributed by atoms with Crippen molar-refractivity contribution >= 4 is 34.3 Å². The highest BCUT2D eigenvalue weighted by atomic mass is 16.5. The number of β-amino-alcohol motifs (C(OH)–C–C–N with tert-alkyl or cyclic N) is 1. The van der Waals surface area contributed by atoms with Crippen LogP contribution in [0, 0.1) is 5.92 Å². The average molecular weight is 521 g/mol. The Bertz CT molecular complexity index is 1300. The Morgan fingerprint density at radius 1 is 1.16 bits per heavy atom. The van der Waals surface area contributed by atoms with E-state index in [9.17, 15) is 9.90 Å². The minimum absolute atomic E-state index is 0.112. The summed E-state index contributed by atoms with van der Waals surface area (Å²) in [6, 6.07) is 7.98. The van der Waals surface area contributed by atoms with Crippen LogP contribution in [0.25, 0.3) is 10.8 Å². The lowest BCUT2D eigenvalue weighted by Gasteiger charge is -2.38. The highest BCUT2D eigenvalue weighted by Crippen LogP contribution is 2.34. The number of nitrogens with one attached hydrogen (secondary N) is 1. The summed E-state index contributed by atoms with van der Waals surface area (Å²) in [5.41, 5.74) is 1.21. The van der Waals surface area contributed by atoms with Gasteiger partial charge in [0.15, 0.2) is 0 Å². The maximum atomic E-state index is 11.5. The number of aliphatic hydroxyl groups excluding tert-OH is 1. The van der Waals surface area contributed by atoms with E-state index in [2.05, 4.69) is 40.2 Å². The fourth-order valence-corrected chi connectivity index (χ4v) is 5.14. The van der Waals surface area contributed by atoms with Crippen molar-refractivity contribution in [3.05, 3.63) is 42.2 Å². The monoisotopic (exact) mass is 520 g/mol. The van der Waals surface area contributed by atoms with Crippen LogP contribution >= 0.6 is 0 Å². The first kappa shape index (κ1) is 26.1. The maximum Gasteiger partial charge on any atom is 0.227 e. The molecule has 5 rings (SSSR count). The normalized spacial score (nSPS) is 20.1. The summed E-state index contributed by atoms with van der Waals surface area (Å²) in [6.07, 6.45) is 3.51. The summed E-state index contributed by atoms with van der Waals surface area (Å²) in [6.45, 7) is 9.13. The maximum absolute atomic E-state index is 11.5. The van der Waals surface area contributed by atoms with Gasteiger partial charge in [0.25, 0.3) is 0 Å². The Hall–Kier alpha value is -3.50. The van der Waals surface area contributed by atoms with Gasteiger partial charge in [0.2, 0.25) is 11.9 Å². The molecule has 4 heterocycles. The molecule has 2 aromatic heterocycles. The van der Waals surface area contributed by atoms with Gasteiger partial charge in [-0.2, -0.15) is 4.98 Å². The lowest BCUT2D eigenvalue weighted by Crippen LogP contribution is -2.51. The molecular weight excluding hydrogens is 484 g/mol. The van der Waals surface area contributed by atoms with E-state index in [1.807, 2.05) is 28.1 Å². The molecule has 38 heavy (non-hydrogen) atoms. The van der Waals surface area contributed by atoms with Crippen molar-refractivity contribution in [1.82, 2.24) is 19.9 Å². The number of benzene rings is 1. The number of pyridine rings is 1. The number of anilines is 3. The summed E-state index contributed by atoms with van der Waals surface area (Å²) in [5, 5.41) is 15.7. The van der Waals surface area contributed by atoms with Crippen molar-refractivity contribution in [1.29, 1.82) is 0 Å². The highest BCUT2D eigenvalue weighted by molar-refractivity contribution is 5.92. The Labute approximate surface area is 223 Å². The molecule has 1 amide bonds. The molecule has 2 N–H and O–H groups in total. The molecule has 0 bridgehead atoms. The van der Waals surface area contributed by atoms with E-state index in [0.29, 0.717) is 55.5 Å². The van der Waals surface area contributed by atoms with E-state index in [4.69, 9.17) is 9.47 Å². The first-order valence-corrected chi connectivity index (χ1v) is 13.2. The Kier molecular flexibility index (Phi) is 7.62. The topological polar surface area (TPSA) is 113 Å². The number of aliphatic hydroxyl groups is 1. The smallest absolute Gasteiger partial charge is 0.227 e. The highest BCUT2D eigenvalue weighted by Gasteiger charge is 2.30. The Morgan fingerprint density at radius 2 is 1.97 bits per heavy atom. The number of amides is 1. The molecule has 0 spiro atoms. The second-order valence-electron chi connectivity index (χ2n) is 10.5. The van der Waals surface area contributed by atoms with E-state index in [0.717, 1.165) is 29.6 Å². The number of piperidine rings is 1. The van der Waals surface area contributed by atoms with Gasteiger partial charge < -0.3 is 29.7 Å². The van der Waals surface area contributed by atoms with Gasteiger partial charge in [0, 0.05) is 63.9 Å². The summed E-state index contributed by atoms with van der Waals surface area (Å²) in [5.74, 6) is 3.44. The zero-order valence-corrected chi connectivity index (χ0v) is 22.4. The molecular formula is C28H36N6O4. The van der Waals surface area contributed by atoms with Gasteiger partial charge >= 0.3 is 0 Å². The van der Waals surface area contributed by atoms with E-state index in [-0.39, 0.29) is 12.0 Å². The average Bonchev–Trinajstić information content (AvgIpc) is 2.87. The van der Waals surface area contributed by atoms with E-state index < -0.39 is 6.10 Å². The lowest BCUT2D eigenvalue weighted by molar-refractivity contribution is -0.135. The van der Waals surface area contributed by atoms with Crippen molar-refractivity contribution in [3.63, 3.8) is 0 Å². The van der Waals surface area contributed by atoms with Gasteiger partial charge in [0.05, 0.1) is 18.8 Å². The second kappa shape index (κ2) is 11.1. The number of fused-ring (bicyclic) bond motifs is 1. The predicted octanol–water partition coefficient (Wildman–Crippen LogP) is 3.33. The first-order chi connectivity index (χ1) is 18.3. The molecule has 2 atom stereocenters. The summed E-state index contributed by atoms with van der Waals surface area (Å²) < 4.78 is 11.5. The van der Waals surface area contributed by atoms with Crippen LogP contribution in [0.15, 0.2) is 36.7 Å². The van der Waals surface area contributed by atoms with Crippen LogP contribution in [-0.2, 0) is 9.53 Å². The second-order valence-corrected chi connectivity index (χ2v) is 10.5. The van der Waals surface area contributed by atoms with Crippen molar-refractivity contribution in [2.75, 3.05) is 50.1 Å². The molecule has 0 saturated carbocycles. The number of nitrogens with zero attached hydrogens (tertiary/aromatic N) is 5. The number of likely N-dealkylation sites (tertiary alicyclic amines) is 1. The number of methoxy groups -OCH3 is 1. The molecule has 1 aromatic carbocycles. The number of ether oxygens (including phenoxy) is 2. The SMILES string of the molecule is CO[C@H]1CCN(c2nccc(Nc3cc4c(C(C)C)ccc(OCC5CN(C(C)=O)C5)c4cn3)n2)C[C@@H]1O. The van der Waals surface area contributed by atoms with Gasteiger partial charge in [-0.25, -0.2) is 9.97 Å². The third-order valence-corrected chi connectivity index (χ3v) is 7.40. The fourth-order valence-electron chi connectivity index (χ4n) is 5.14. The molecule has 0 aliphatic carbocycles. The first-order valence-electron chi connectivity index (χ1n) is 13.2. The van der Waals surface area contributed by atoms with E-state index in [1.165, 1.54) is 5.56 Å². The van der Waals surface area contributed by atoms with Gasteiger partial charge in [-0.1, -0.05) is 19.9 Å². The van der Waals surface area contributed by atoms with Gasteiger partial charge in [-0.15, -0.1) is 0 Å². The van der Waals surface area contributed by atoms with Crippen LogP contribution in [0.5, 0.6) is 5.75 Å². The molecule has 0 radical (unpaired) electrons. The number of rotatable bonds is 8. The quantitative estimate of drug-likeness (QED) is 0.462. The van der Waals surface area contributed by atoms with Crippen molar-refractivity contribution in [2.24, 2.45) is 5.92 Å². The molecule has 10 heteroatoms. The molecule has 2 aliphatic rings. The van der Waals surface area contributed by atoms with Crippen molar-refractivity contribution < 1.29 is 19.4 Å². The van der Waals surface area contributed by atoms with Crippen LogP contribution in [0.1, 0.15) is 38.7 Å². The number of hydrogen-bond donors (Lipinski definition) is 2. The van der Waals surface area contributed by atoms with Crippen LogP contribution < -0.4 is 15.0 Å². The third kappa shape index (κ3) is 5.51. The van der Waals surface area contributed by atoms with Crippen LogP contribution in [0.2, 0.25) is 0 Å². The number of aromatic nitrogens is 3.